The molecule has 4 heteroatoms. The van der Waals surface area contributed by atoms with Crippen LogP contribution in [0.3, 0.4) is 0 Å². The molecule has 2 aromatic rings. The van der Waals surface area contributed by atoms with Crippen LogP contribution in [-0.4, -0.2) is 11.1 Å². The van der Waals surface area contributed by atoms with Crippen molar-refractivity contribution in [2.45, 2.75) is 18.4 Å². The van der Waals surface area contributed by atoms with Crippen LogP contribution in [0.5, 0.6) is 0 Å². The standard InChI is InChI=1S/C19H16ClNO2/c20-16-10-12(19(22)23)9-15-13-7-4-8-14(13)17(21-18(15)16)11-5-2-1-3-6-11/h1-7,9-10,13-14,17,21H,8H2,(H,22,23)/t13-,14+,17-/m1/s1. The molecule has 2 N–H and O–H groups in total. The van der Waals surface area contributed by atoms with E-state index in [0.717, 1.165) is 17.7 Å². The molecule has 116 valence electrons. The normalized spacial score (nSPS) is 24.7. The minimum Gasteiger partial charge on any atom is -0.478 e. The second-order valence-electron chi connectivity index (χ2n) is 6.11. The number of carbonyl (C=O) groups is 1. The molecule has 4 rings (SSSR count). The maximum atomic E-state index is 11.3. The first-order valence-corrected chi connectivity index (χ1v) is 8.08. The van der Waals surface area contributed by atoms with Gasteiger partial charge in [0.15, 0.2) is 0 Å². The summed E-state index contributed by atoms with van der Waals surface area (Å²) in [5.41, 5.74) is 3.32. The van der Waals surface area contributed by atoms with Crippen molar-refractivity contribution in [1.29, 1.82) is 0 Å². The summed E-state index contributed by atoms with van der Waals surface area (Å²) in [4.78, 5) is 11.3. The van der Waals surface area contributed by atoms with Crippen molar-refractivity contribution >= 4 is 23.3 Å². The minimum atomic E-state index is -0.946. The largest absolute Gasteiger partial charge is 0.478 e. The van der Waals surface area contributed by atoms with Crippen LogP contribution in [0.15, 0.2) is 54.6 Å². The molecule has 0 saturated carbocycles. The number of allylic oxidation sites excluding steroid dienone is 2. The van der Waals surface area contributed by atoms with Gasteiger partial charge in [-0.05, 0) is 35.6 Å². The molecule has 0 unspecified atom stereocenters. The fraction of sp³-hybridized carbons (Fsp3) is 0.211. The first-order valence-electron chi connectivity index (χ1n) is 7.70. The van der Waals surface area contributed by atoms with Gasteiger partial charge >= 0.3 is 5.97 Å². The first-order chi connectivity index (χ1) is 11.1. The summed E-state index contributed by atoms with van der Waals surface area (Å²) >= 11 is 6.38. The van der Waals surface area contributed by atoms with E-state index in [9.17, 15) is 9.90 Å². The summed E-state index contributed by atoms with van der Waals surface area (Å²) in [6.45, 7) is 0. The summed E-state index contributed by atoms with van der Waals surface area (Å²) in [7, 11) is 0. The molecule has 0 spiro atoms. The van der Waals surface area contributed by atoms with Crippen LogP contribution >= 0.6 is 11.6 Å². The van der Waals surface area contributed by atoms with Gasteiger partial charge in [-0.3, -0.25) is 0 Å². The number of carboxylic acid groups (broad SMARTS) is 1. The van der Waals surface area contributed by atoms with Gasteiger partial charge in [0, 0.05) is 5.92 Å². The third kappa shape index (κ3) is 2.32. The van der Waals surface area contributed by atoms with E-state index in [0.29, 0.717) is 10.9 Å². The molecule has 2 aliphatic rings. The summed E-state index contributed by atoms with van der Waals surface area (Å²) in [5.74, 6) is -0.364. The lowest BCUT2D eigenvalue weighted by molar-refractivity contribution is 0.0696. The Morgan fingerprint density at radius 2 is 2.00 bits per heavy atom. The van der Waals surface area contributed by atoms with Crippen molar-refractivity contribution < 1.29 is 9.90 Å². The van der Waals surface area contributed by atoms with Crippen molar-refractivity contribution in [3.63, 3.8) is 0 Å². The topological polar surface area (TPSA) is 49.3 Å². The molecule has 0 aromatic heterocycles. The molecule has 0 amide bonds. The number of carboxylic acids is 1. The van der Waals surface area contributed by atoms with Crippen molar-refractivity contribution in [3.8, 4) is 0 Å². The molecule has 1 heterocycles. The molecular formula is C19H16ClNO2. The molecule has 0 bridgehead atoms. The lowest BCUT2D eigenvalue weighted by Gasteiger charge is -2.38. The van der Waals surface area contributed by atoms with Crippen LogP contribution in [0, 0.1) is 5.92 Å². The van der Waals surface area contributed by atoms with E-state index in [1.807, 2.05) is 18.2 Å². The molecule has 3 atom stereocenters. The van der Waals surface area contributed by atoms with E-state index < -0.39 is 5.97 Å². The third-order valence-corrected chi connectivity index (χ3v) is 5.12. The summed E-state index contributed by atoms with van der Waals surface area (Å²) in [6.07, 6.45) is 5.34. The zero-order valence-corrected chi connectivity index (χ0v) is 13.1. The highest BCUT2D eigenvalue weighted by Crippen LogP contribution is 2.51. The second kappa shape index (κ2) is 5.43. The van der Waals surface area contributed by atoms with Gasteiger partial charge in [-0.15, -0.1) is 0 Å². The van der Waals surface area contributed by atoms with Crippen molar-refractivity contribution in [2.75, 3.05) is 5.32 Å². The molecule has 1 aliphatic heterocycles. The van der Waals surface area contributed by atoms with Gasteiger partial charge in [0.25, 0.3) is 0 Å². The van der Waals surface area contributed by atoms with Crippen LogP contribution in [0.4, 0.5) is 5.69 Å². The number of nitrogens with one attached hydrogen (secondary N) is 1. The van der Waals surface area contributed by atoms with Crippen LogP contribution in [0.2, 0.25) is 5.02 Å². The highest BCUT2D eigenvalue weighted by Gasteiger charge is 2.39. The van der Waals surface area contributed by atoms with Gasteiger partial charge in [-0.25, -0.2) is 4.79 Å². The maximum Gasteiger partial charge on any atom is 0.335 e. The lowest BCUT2D eigenvalue weighted by atomic mass is 9.76. The van der Waals surface area contributed by atoms with E-state index in [1.54, 1.807) is 6.07 Å². The van der Waals surface area contributed by atoms with E-state index in [4.69, 9.17) is 11.6 Å². The third-order valence-electron chi connectivity index (χ3n) is 4.83. The number of fused-ring (bicyclic) bond motifs is 3. The van der Waals surface area contributed by atoms with Crippen molar-refractivity contribution in [2.24, 2.45) is 5.92 Å². The fourth-order valence-corrected chi connectivity index (χ4v) is 4.05. The lowest BCUT2D eigenvalue weighted by Crippen LogP contribution is -2.29. The fourth-order valence-electron chi connectivity index (χ4n) is 3.77. The Morgan fingerprint density at radius 1 is 1.22 bits per heavy atom. The molecule has 2 aromatic carbocycles. The summed E-state index contributed by atoms with van der Waals surface area (Å²) in [6, 6.07) is 13.8. The van der Waals surface area contributed by atoms with Crippen LogP contribution in [-0.2, 0) is 0 Å². The Bertz CT molecular complexity index is 801. The smallest absolute Gasteiger partial charge is 0.335 e. The number of halogens is 1. The van der Waals surface area contributed by atoms with E-state index >= 15 is 0 Å². The van der Waals surface area contributed by atoms with Gasteiger partial charge in [0.1, 0.15) is 0 Å². The molecule has 23 heavy (non-hydrogen) atoms. The van der Waals surface area contributed by atoms with Gasteiger partial charge < -0.3 is 10.4 Å². The average Bonchev–Trinajstić information content (AvgIpc) is 3.04. The highest BCUT2D eigenvalue weighted by atomic mass is 35.5. The first kappa shape index (κ1) is 14.3. The van der Waals surface area contributed by atoms with E-state index in [2.05, 4.69) is 29.6 Å². The zero-order valence-electron chi connectivity index (χ0n) is 12.4. The number of hydrogen-bond acceptors (Lipinski definition) is 2. The van der Waals surface area contributed by atoms with Gasteiger partial charge in [-0.2, -0.15) is 0 Å². The molecule has 0 saturated heterocycles. The number of benzene rings is 2. The van der Waals surface area contributed by atoms with Crippen molar-refractivity contribution in [3.05, 3.63) is 76.3 Å². The quantitative estimate of drug-likeness (QED) is 0.775. The Labute approximate surface area is 139 Å². The number of rotatable bonds is 2. The van der Waals surface area contributed by atoms with Crippen molar-refractivity contribution in [1.82, 2.24) is 0 Å². The Kier molecular flexibility index (Phi) is 3.38. The SMILES string of the molecule is O=C(O)c1cc(Cl)c2c(c1)[C@@H]1C=CC[C@@H]1[C@@H](c1ccccc1)N2. The monoisotopic (exact) mass is 325 g/mol. The van der Waals surface area contributed by atoms with Gasteiger partial charge in [0.05, 0.1) is 22.3 Å². The van der Waals surface area contributed by atoms with Crippen LogP contribution in [0.25, 0.3) is 0 Å². The van der Waals surface area contributed by atoms with Crippen LogP contribution < -0.4 is 5.32 Å². The summed E-state index contributed by atoms with van der Waals surface area (Å²) < 4.78 is 0. The Balaban J connectivity index is 1.84. The molecule has 1 aliphatic carbocycles. The van der Waals surface area contributed by atoms with E-state index in [-0.39, 0.29) is 17.5 Å². The van der Waals surface area contributed by atoms with Crippen LogP contribution in [0.1, 0.15) is 39.9 Å². The summed E-state index contributed by atoms with van der Waals surface area (Å²) in [5, 5.41) is 13.3. The molecule has 0 radical (unpaired) electrons. The second-order valence-corrected chi connectivity index (χ2v) is 6.52. The maximum absolute atomic E-state index is 11.3. The molecule has 3 nitrogen and oxygen atoms in total. The highest BCUT2D eigenvalue weighted by molar-refractivity contribution is 6.33. The van der Waals surface area contributed by atoms with E-state index in [1.165, 1.54) is 11.6 Å². The number of aromatic carboxylic acids is 1. The number of anilines is 1. The zero-order chi connectivity index (χ0) is 16.0. The molecular weight excluding hydrogens is 310 g/mol. The molecule has 0 fully saturated rings. The number of hydrogen-bond donors (Lipinski definition) is 2. The Hall–Kier alpha value is -2.26. The van der Waals surface area contributed by atoms with Gasteiger partial charge in [-0.1, -0.05) is 54.1 Å². The minimum absolute atomic E-state index is 0.178. The predicted octanol–water partition coefficient (Wildman–Crippen LogP) is 4.86. The Morgan fingerprint density at radius 3 is 2.74 bits per heavy atom. The van der Waals surface area contributed by atoms with Gasteiger partial charge in [0.2, 0.25) is 0 Å². The predicted molar refractivity (Wildman–Crippen MR) is 91.2 cm³/mol. The average molecular weight is 326 g/mol.